The molecule has 2 aromatic carbocycles. The lowest BCUT2D eigenvalue weighted by atomic mass is 10.2. The van der Waals surface area contributed by atoms with E-state index in [0.29, 0.717) is 43.2 Å². The highest BCUT2D eigenvalue weighted by Gasteiger charge is 2.14. The molecule has 0 saturated heterocycles. The van der Waals surface area contributed by atoms with Crippen LogP contribution in [-0.2, 0) is 5.75 Å². The summed E-state index contributed by atoms with van der Waals surface area (Å²) >= 11 is 8.78. The van der Waals surface area contributed by atoms with Crippen molar-refractivity contribution in [2.24, 2.45) is 0 Å². The van der Waals surface area contributed by atoms with Crippen molar-refractivity contribution in [1.29, 1.82) is 0 Å². The standard InChI is InChI=1S/C21H13ClN4O2S2/c22-13-5-7-15(8-6-13)26-19(28)16-3-1-2-4-17(16)24-21(26)30-12-14-11-18(27)25-9-10-29-20(25)23-14/h1-11H,12H2. The van der Waals surface area contributed by atoms with Gasteiger partial charge in [-0.25, -0.2) is 9.97 Å². The zero-order valence-electron chi connectivity index (χ0n) is 15.4. The smallest absolute Gasteiger partial charge is 0.266 e. The molecule has 0 bridgehead atoms. The van der Waals surface area contributed by atoms with Crippen LogP contribution < -0.4 is 11.1 Å². The first-order valence-electron chi connectivity index (χ1n) is 8.96. The molecular weight excluding hydrogens is 440 g/mol. The topological polar surface area (TPSA) is 69.3 Å². The van der Waals surface area contributed by atoms with Gasteiger partial charge in [-0.05, 0) is 36.4 Å². The summed E-state index contributed by atoms with van der Waals surface area (Å²) in [4.78, 5) is 35.4. The Kier molecular flexibility index (Phi) is 4.90. The maximum absolute atomic E-state index is 13.2. The number of rotatable bonds is 4. The van der Waals surface area contributed by atoms with Gasteiger partial charge in [0.2, 0.25) is 0 Å². The van der Waals surface area contributed by atoms with Crippen LogP contribution in [0.15, 0.2) is 80.9 Å². The Morgan fingerprint density at radius 1 is 1.03 bits per heavy atom. The Labute approximate surface area is 183 Å². The quantitative estimate of drug-likeness (QED) is 0.298. The molecule has 0 amide bonds. The molecular formula is C21H13ClN4O2S2. The third kappa shape index (κ3) is 3.43. The van der Waals surface area contributed by atoms with Gasteiger partial charge in [0, 0.05) is 28.4 Å². The highest BCUT2D eigenvalue weighted by atomic mass is 35.5. The summed E-state index contributed by atoms with van der Waals surface area (Å²) in [5, 5.41) is 3.47. The van der Waals surface area contributed by atoms with E-state index in [1.54, 1.807) is 41.1 Å². The number of hydrogen-bond acceptors (Lipinski definition) is 6. The van der Waals surface area contributed by atoms with Crippen molar-refractivity contribution in [3.05, 3.63) is 97.6 Å². The normalized spacial score (nSPS) is 11.4. The molecule has 5 rings (SSSR count). The minimum atomic E-state index is -0.160. The van der Waals surface area contributed by atoms with Crippen LogP contribution in [0.25, 0.3) is 21.6 Å². The average molecular weight is 453 g/mol. The summed E-state index contributed by atoms with van der Waals surface area (Å²) < 4.78 is 3.08. The maximum atomic E-state index is 13.2. The Morgan fingerprint density at radius 3 is 2.67 bits per heavy atom. The molecule has 0 unspecified atom stereocenters. The van der Waals surface area contributed by atoms with Crippen LogP contribution in [0.4, 0.5) is 0 Å². The summed E-state index contributed by atoms with van der Waals surface area (Å²) in [5.74, 6) is 0.405. The molecule has 0 aliphatic rings. The number of para-hydroxylation sites is 1. The fourth-order valence-electron chi connectivity index (χ4n) is 3.13. The number of aromatic nitrogens is 4. The number of thiazole rings is 1. The average Bonchev–Trinajstić information content (AvgIpc) is 3.23. The van der Waals surface area contributed by atoms with E-state index >= 15 is 0 Å². The minimum Gasteiger partial charge on any atom is -0.269 e. The van der Waals surface area contributed by atoms with Crippen LogP contribution >= 0.6 is 34.7 Å². The monoisotopic (exact) mass is 452 g/mol. The van der Waals surface area contributed by atoms with E-state index in [1.807, 2.05) is 23.6 Å². The van der Waals surface area contributed by atoms with Gasteiger partial charge in [-0.15, -0.1) is 11.3 Å². The molecule has 0 spiro atoms. The van der Waals surface area contributed by atoms with E-state index in [4.69, 9.17) is 16.6 Å². The summed E-state index contributed by atoms with van der Waals surface area (Å²) in [6.07, 6.45) is 1.70. The second-order valence-electron chi connectivity index (χ2n) is 6.46. The molecule has 0 aliphatic heterocycles. The van der Waals surface area contributed by atoms with Crippen molar-refractivity contribution in [2.75, 3.05) is 0 Å². The number of hydrogen-bond donors (Lipinski definition) is 0. The van der Waals surface area contributed by atoms with Crippen molar-refractivity contribution in [1.82, 2.24) is 18.9 Å². The molecule has 0 aliphatic carbocycles. The van der Waals surface area contributed by atoms with Gasteiger partial charge in [0.1, 0.15) is 0 Å². The van der Waals surface area contributed by atoms with E-state index < -0.39 is 0 Å². The predicted octanol–water partition coefficient (Wildman–Crippen LogP) is 4.40. The SMILES string of the molecule is O=c1c2ccccc2nc(SCc2cc(=O)n3ccsc3n2)n1-c1ccc(Cl)cc1. The van der Waals surface area contributed by atoms with Crippen LogP contribution in [0.3, 0.4) is 0 Å². The second kappa shape index (κ2) is 7.71. The van der Waals surface area contributed by atoms with Gasteiger partial charge in [0.25, 0.3) is 11.1 Å². The zero-order chi connectivity index (χ0) is 20.7. The van der Waals surface area contributed by atoms with Gasteiger partial charge in [-0.1, -0.05) is 35.5 Å². The van der Waals surface area contributed by atoms with Gasteiger partial charge in [0.05, 0.1) is 22.3 Å². The summed E-state index contributed by atoms with van der Waals surface area (Å²) in [5.41, 5.74) is 1.65. The molecule has 0 radical (unpaired) electrons. The molecule has 3 aromatic heterocycles. The molecule has 0 fully saturated rings. The van der Waals surface area contributed by atoms with Crippen LogP contribution in [0.1, 0.15) is 5.69 Å². The molecule has 0 atom stereocenters. The van der Waals surface area contributed by atoms with Crippen molar-refractivity contribution >= 4 is 50.6 Å². The van der Waals surface area contributed by atoms with E-state index in [-0.39, 0.29) is 11.1 Å². The largest absolute Gasteiger partial charge is 0.269 e. The molecule has 3 heterocycles. The fourth-order valence-corrected chi connectivity index (χ4v) is 4.90. The summed E-state index contributed by atoms with van der Waals surface area (Å²) in [7, 11) is 0. The second-order valence-corrected chi connectivity index (χ2v) is 8.71. The van der Waals surface area contributed by atoms with Crippen LogP contribution in [0.2, 0.25) is 5.02 Å². The molecule has 5 aromatic rings. The van der Waals surface area contributed by atoms with Crippen molar-refractivity contribution in [2.45, 2.75) is 10.9 Å². The number of thioether (sulfide) groups is 1. The Morgan fingerprint density at radius 2 is 1.83 bits per heavy atom. The van der Waals surface area contributed by atoms with E-state index in [1.165, 1.54) is 33.6 Å². The Balaban J connectivity index is 1.61. The molecule has 0 saturated carbocycles. The number of nitrogens with zero attached hydrogens (tertiary/aromatic N) is 4. The van der Waals surface area contributed by atoms with Crippen LogP contribution in [-0.4, -0.2) is 18.9 Å². The predicted molar refractivity (Wildman–Crippen MR) is 121 cm³/mol. The van der Waals surface area contributed by atoms with Gasteiger partial charge in [-0.3, -0.25) is 18.6 Å². The van der Waals surface area contributed by atoms with E-state index in [2.05, 4.69) is 4.98 Å². The number of halogens is 1. The van der Waals surface area contributed by atoms with Gasteiger partial charge in [-0.2, -0.15) is 0 Å². The van der Waals surface area contributed by atoms with E-state index in [9.17, 15) is 9.59 Å². The van der Waals surface area contributed by atoms with Gasteiger partial charge in [0.15, 0.2) is 10.1 Å². The zero-order valence-corrected chi connectivity index (χ0v) is 17.7. The highest BCUT2D eigenvalue weighted by molar-refractivity contribution is 7.98. The lowest BCUT2D eigenvalue weighted by Crippen LogP contribution is -2.21. The molecule has 30 heavy (non-hydrogen) atoms. The van der Waals surface area contributed by atoms with E-state index in [0.717, 1.165) is 0 Å². The first-order chi connectivity index (χ1) is 14.6. The van der Waals surface area contributed by atoms with Crippen LogP contribution in [0.5, 0.6) is 0 Å². The molecule has 148 valence electrons. The maximum Gasteiger partial charge on any atom is 0.266 e. The molecule has 6 nitrogen and oxygen atoms in total. The van der Waals surface area contributed by atoms with Gasteiger partial charge >= 0.3 is 0 Å². The lowest BCUT2D eigenvalue weighted by Gasteiger charge is -2.13. The van der Waals surface area contributed by atoms with Crippen molar-refractivity contribution in [3.8, 4) is 5.69 Å². The molecule has 0 N–H and O–H groups in total. The number of benzene rings is 2. The van der Waals surface area contributed by atoms with Crippen molar-refractivity contribution < 1.29 is 0 Å². The third-order valence-corrected chi connectivity index (χ3v) is 6.52. The van der Waals surface area contributed by atoms with Crippen molar-refractivity contribution in [3.63, 3.8) is 0 Å². The Hall–Kier alpha value is -2.94. The first kappa shape index (κ1) is 19.0. The Bertz CT molecular complexity index is 1510. The highest BCUT2D eigenvalue weighted by Crippen LogP contribution is 2.25. The lowest BCUT2D eigenvalue weighted by molar-refractivity contribution is 0.819. The fraction of sp³-hybridized carbons (Fsp3) is 0.0476. The summed E-state index contributed by atoms with van der Waals surface area (Å²) in [6, 6.07) is 15.8. The minimum absolute atomic E-state index is 0.126. The molecule has 9 heteroatoms. The number of fused-ring (bicyclic) bond motifs is 2. The van der Waals surface area contributed by atoms with Crippen LogP contribution in [0, 0.1) is 0 Å². The summed E-state index contributed by atoms with van der Waals surface area (Å²) in [6.45, 7) is 0. The third-order valence-electron chi connectivity index (χ3n) is 4.54. The van der Waals surface area contributed by atoms with Gasteiger partial charge < -0.3 is 0 Å². The first-order valence-corrected chi connectivity index (χ1v) is 11.2.